The fraction of sp³-hybridized carbons (Fsp3) is 0.412. The van der Waals surface area contributed by atoms with Crippen LogP contribution in [0.3, 0.4) is 0 Å². The van der Waals surface area contributed by atoms with Gasteiger partial charge in [0, 0.05) is 25.5 Å². The molecule has 0 spiro atoms. The second kappa shape index (κ2) is 7.78. The van der Waals surface area contributed by atoms with Gasteiger partial charge in [0.05, 0.1) is 25.0 Å². The van der Waals surface area contributed by atoms with Crippen LogP contribution in [0.5, 0.6) is 0 Å². The molecular weight excluding hydrogens is 294 g/mol. The molecule has 2 aromatic heterocycles. The number of nitrogens with one attached hydrogen (secondary N) is 1. The maximum absolute atomic E-state index is 12.6. The zero-order valence-corrected chi connectivity index (χ0v) is 13.0. The molecule has 122 valence electrons. The predicted molar refractivity (Wildman–Crippen MR) is 84.6 cm³/mol. The summed E-state index contributed by atoms with van der Waals surface area (Å²) in [5.41, 5.74) is 0.848. The third kappa shape index (κ3) is 4.56. The highest BCUT2D eigenvalue weighted by Crippen LogP contribution is 2.12. The van der Waals surface area contributed by atoms with E-state index in [4.69, 9.17) is 9.15 Å². The van der Waals surface area contributed by atoms with Gasteiger partial charge in [-0.05, 0) is 37.1 Å². The molecule has 2 amide bonds. The second-order valence-electron chi connectivity index (χ2n) is 5.59. The van der Waals surface area contributed by atoms with Gasteiger partial charge >= 0.3 is 6.03 Å². The molecule has 3 rings (SSSR count). The molecule has 6 nitrogen and oxygen atoms in total. The number of aromatic nitrogens is 1. The molecule has 0 bridgehead atoms. The number of amides is 2. The minimum Gasteiger partial charge on any atom is -0.467 e. The summed E-state index contributed by atoms with van der Waals surface area (Å²) >= 11 is 0. The standard InChI is InChI=1S/C17H21N3O3/c21-17(19-14-6-10-22-11-7-14)20(13-16-5-3-9-23-16)12-15-4-1-2-8-18-15/h1-5,8-9,14H,6-7,10-13H2,(H,19,21). The van der Waals surface area contributed by atoms with Crippen molar-refractivity contribution >= 4 is 6.03 Å². The largest absolute Gasteiger partial charge is 0.467 e. The van der Waals surface area contributed by atoms with Crippen LogP contribution in [0.1, 0.15) is 24.3 Å². The number of urea groups is 1. The van der Waals surface area contributed by atoms with Crippen LogP contribution in [0.2, 0.25) is 0 Å². The number of furan rings is 1. The Hall–Kier alpha value is -2.34. The number of hydrogen-bond donors (Lipinski definition) is 1. The number of hydrogen-bond acceptors (Lipinski definition) is 4. The number of rotatable bonds is 5. The van der Waals surface area contributed by atoms with Gasteiger partial charge in [-0.15, -0.1) is 0 Å². The van der Waals surface area contributed by atoms with E-state index in [2.05, 4.69) is 10.3 Å². The number of ether oxygens (including phenoxy) is 1. The van der Waals surface area contributed by atoms with Crippen molar-refractivity contribution in [2.45, 2.75) is 32.0 Å². The van der Waals surface area contributed by atoms with Crippen molar-refractivity contribution in [3.05, 3.63) is 54.2 Å². The third-order valence-corrected chi connectivity index (χ3v) is 3.84. The van der Waals surface area contributed by atoms with Crippen LogP contribution in [0.4, 0.5) is 4.79 Å². The van der Waals surface area contributed by atoms with Crippen molar-refractivity contribution in [1.29, 1.82) is 0 Å². The van der Waals surface area contributed by atoms with E-state index in [1.165, 1.54) is 0 Å². The minimum atomic E-state index is -0.0982. The maximum atomic E-state index is 12.6. The van der Waals surface area contributed by atoms with Crippen LogP contribution in [0.15, 0.2) is 47.2 Å². The summed E-state index contributed by atoms with van der Waals surface area (Å²) in [5.74, 6) is 0.753. The van der Waals surface area contributed by atoms with Gasteiger partial charge in [-0.2, -0.15) is 0 Å². The molecule has 0 unspecified atom stereocenters. The highest BCUT2D eigenvalue weighted by molar-refractivity contribution is 5.74. The zero-order valence-electron chi connectivity index (χ0n) is 13.0. The molecule has 1 saturated heterocycles. The van der Waals surface area contributed by atoms with Crippen molar-refractivity contribution < 1.29 is 13.9 Å². The summed E-state index contributed by atoms with van der Waals surface area (Å²) in [5, 5.41) is 3.09. The topological polar surface area (TPSA) is 67.6 Å². The molecule has 6 heteroatoms. The molecule has 0 aromatic carbocycles. The average molecular weight is 315 g/mol. The van der Waals surface area contributed by atoms with Gasteiger partial charge < -0.3 is 19.4 Å². The van der Waals surface area contributed by atoms with Crippen LogP contribution >= 0.6 is 0 Å². The normalized spacial score (nSPS) is 15.3. The summed E-state index contributed by atoms with van der Waals surface area (Å²) < 4.78 is 10.7. The molecule has 1 fully saturated rings. The van der Waals surface area contributed by atoms with Gasteiger partial charge in [0.2, 0.25) is 0 Å². The lowest BCUT2D eigenvalue weighted by atomic mass is 10.1. The lowest BCUT2D eigenvalue weighted by molar-refractivity contribution is 0.0775. The van der Waals surface area contributed by atoms with Crippen LogP contribution in [0.25, 0.3) is 0 Å². The third-order valence-electron chi connectivity index (χ3n) is 3.84. The lowest BCUT2D eigenvalue weighted by Crippen LogP contribution is -2.46. The first-order valence-electron chi connectivity index (χ1n) is 7.87. The first kappa shape index (κ1) is 15.6. The molecule has 2 aromatic rings. The van der Waals surface area contributed by atoms with Gasteiger partial charge in [-0.1, -0.05) is 6.07 Å². The van der Waals surface area contributed by atoms with Gasteiger partial charge in [-0.3, -0.25) is 4.98 Å². The fourth-order valence-corrected chi connectivity index (χ4v) is 2.59. The molecular formula is C17H21N3O3. The van der Waals surface area contributed by atoms with Crippen LogP contribution in [-0.2, 0) is 17.8 Å². The first-order chi connectivity index (χ1) is 11.3. The van der Waals surface area contributed by atoms with Crippen LogP contribution in [-0.4, -0.2) is 35.2 Å². The van der Waals surface area contributed by atoms with Crippen molar-refractivity contribution in [1.82, 2.24) is 15.2 Å². The molecule has 3 heterocycles. The smallest absolute Gasteiger partial charge is 0.318 e. The first-order valence-corrected chi connectivity index (χ1v) is 7.87. The number of pyridine rings is 1. The van der Waals surface area contributed by atoms with Crippen LogP contribution < -0.4 is 5.32 Å². The Kier molecular flexibility index (Phi) is 5.26. The number of carbonyl (C=O) groups excluding carboxylic acids is 1. The molecule has 0 aliphatic carbocycles. The van der Waals surface area contributed by atoms with E-state index >= 15 is 0 Å². The van der Waals surface area contributed by atoms with E-state index in [-0.39, 0.29) is 12.1 Å². The monoisotopic (exact) mass is 315 g/mol. The summed E-state index contributed by atoms with van der Waals surface area (Å²) in [4.78, 5) is 18.7. The molecule has 1 aliphatic heterocycles. The molecule has 0 atom stereocenters. The molecule has 1 aliphatic rings. The van der Waals surface area contributed by atoms with Crippen LogP contribution in [0, 0.1) is 0 Å². The molecule has 1 N–H and O–H groups in total. The second-order valence-corrected chi connectivity index (χ2v) is 5.59. The van der Waals surface area contributed by atoms with Crippen molar-refractivity contribution in [3.63, 3.8) is 0 Å². The summed E-state index contributed by atoms with van der Waals surface area (Å²) in [6.45, 7) is 2.25. The molecule has 0 radical (unpaired) electrons. The average Bonchev–Trinajstić information content (AvgIpc) is 3.09. The van der Waals surface area contributed by atoms with E-state index in [9.17, 15) is 4.79 Å². The Morgan fingerprint density at radius 1 is 1.22 bits per heavy atom. The molecule has 23 heavy (non-hydrogen) atoms. The predicted octanol–water partition coefficient (Wildman–Crippen LogP) is 2.57. The Balaban J connectivity index is 1.66. The van der Waals surface area contributed by atoms with Gasteiger partial charge in [-0.25, -0.2) is 4.79 Å². The lowest BCUT2D eigenvalue weighted by Gasteiger charge is -2.28. The molecule has 0 saturated carbocycles. The summed E-state index contributed by atoms with van der Waals surface area (Å²) in [6.07, 6.45) is 5.05. The number of carbonyl (C=O) groups is 1. The van der Waals surface area contributed by atoms with Crippen molar-refractivity contribution in [2.24, 2.45) is 0 Å². The SMILES string of the molecule is O=C(NC1CCOCC1)N(Cc1ccccn1)Cc1ccco1. The summed E-state index contributed by atoms with van der Waals surface area (Å²) in [6, 6.07) is 9.46. The minimum absolute atomic E-state index is 0.0982. The van der Waals surface area contributed by atoms with E-state index in [1.807, 2.05) is 30.3 Å². The van der Waals surface area contributed by atoms with E-state index in [1.54, 1.807) is 17.4 Å². The Morgan fingerprint density at radius 3 is 2.78 bits per heavy atom. The Morgan fingerprint density at radius 2 is 2.09 bits per heavy atom. The number of nitrogens with zero attached hydrogens (tertiary/aromatic N) is 2. The van der Waals surface area contributed by atoms with Crippen molar-refractivity contribution in [3.8, 4) is 0 Å². The van der Waals surface area contributed by atoms with E-state index in [0.717, 1.165) is 24.3 Å². The van der Waals surface area contributed by atoms with E-state index in [0.29, 0.717) is 26.3 Å². The Labute approximate surface area is 135 Å². The maximum Gasteiger partial charge on any atom is 0.318 e. The van der Waals surface area contributed by atoms with E-state index < -0.39 is 0 Å². The van der Waals surface area contributed by atoms with Gasteiger partial charge in [0.25, 0.3) is 0 Å². The highest BCUT2D eigenvalue weighted by Gasteiger charge is 2.21. The quantitative estimate of drug-likeness (QED) is 0.921. The van der Waals surface area contributed by atoms with Gasteiger partial charge in [0.1, 0.15) is 5.76 Å². The highest BCUT2D eigenvalue weighted by atomic mass is 16.5. The van der Waals surface area contributed by atoms with Gasteiger partial charge in [0.15, 0.2) is 0 Å². The summed E-state index contributed by atoms with van der Waals surface area (Å²) in [7, 11) is 0. The zero-order chi connectivity index (χ0) is 15.9. The van der Waals surface area contributed by atoms with Crippen molar-refractivity contribution in [2.75, 3.05) is 13.2 Å². The Bertz CT molecular complexity index is 595. The fourth-order valence-electron chi connectivity index (χ4n) is 2.59.